The van der Waals surface area contributed by atoms with Crippen LogP contribution in [0.15, 0.2) is 0 Å². The van der Waals surface area contributed by atoms with E-state index in [2.05, 4.69) is 29.4 Å². The number of amides is 2. The number of carboxylic acid groups (broad SMARTS) is 1. The van der Waals surface area contributed by atoms with Crippen molar-refractivity contribution < 1.29 is 14.7 Å². The second-order valence-electron chi connectivity index (χ2n) is 5.75. The molecule has 0 rings (SSSR count). The van der Waals surface area contributed by atoms with E-state index in [0.29, 0.717) is 0 Å². The van der Waals surface area contributed by atoms with Gasteiger partial charge in [-0.1, -0.05) is 27.7 Å². The predicted octanol–water partition coefficient (Wildman–Crippen LogP) is 1.91. The summed E-state index contributed by atoms with van der Waals surface area (Å²) in [5.74, 6) is -1.15. The number of nitrogens with zero attached hydrogens (tertiary/aromatic N) is 1. The van der Waals surface area contributed by atoms with Gasteiger partial charge >= 0.3 is 12.0 Å². The Kier molecular flexibility index (Phi) is 9.78. The molecule has 0 aliphatic rings. The number of aliphatic carboxylic acids is 1. The van der Waals surface area contributed by atoms with Gasteiger partial charge in [0.25, 0.3) is 0 Å². The van der Waals surface area contributed by atoms with Crippen LogP contribution in [-0.2, 0) is 4.79 Å². The van der Waals surface area contributed by atoms with E-state index in [-0.39, 0.29) is 12.0 Å². The highest BCUT2D eigenvalue weighted by atomic mass is 16.4. The van der Waals surface area contributed by atoms with E-state index in [0.717, 1.165) is 32.5 Å². The average Bonchev–Trinajstić information content (AvgIpc) is 2.40. The molecule has 0 bridgehead atoms. The van der Waals surface area contributed by atoms with Crippen molar-refractivity contribution in [2.24, 2.45) is 5.92 Å². The largest absolute Gasteiger partial charge is 0.480 e. The molecule has 1 unspecified atom stereocenters. The third-order valence-electron chi connectivity index (χ3n) is 3.60. The summed E-state index contributed by atoms with van der Waals surface area (Å²) in [4.78, 5) is 25.2. The second kappa shape index (κ2) is 10.4. The zero-order valence-electron chi connectivity index (χ0n) is 14.0. The first-order valence-electron chi connectivity index (χ1n) is 7.83. The van der Waals surface area contributed by atoms with Crippen LogP contribution in [0.3, 0.4) is 0 Å². The molecule has 0 aromatic carbocycles. The fraction of sp³-hybridized carbons (Fsp3) is 0.867. The van der Waals surface area contributed by atoms with Gasteiger partial charge in [-0.3, -0.25) is 0 Å². The van der Waals surface area contributed by atoms with E-state index < -0.39 is 18.0 Å². The van der Waals surface area contributed by atoms with Gasteiger partial charge in [-0.05, 0) is 45.3 Å². The molecule has 0 saturated heterocycles. The molecule has 0 aliphatic heterocycles. The minimum atomic E-state index is -1.01. The molecule has 0 aromatic heterocycles. The topological polar surface area (TPSA) is 81.7 Å². The molecule has 2 amide bonds. The third-order valence-corrected chi connectivity index (χ3v) is 3.60. The van der Waals surface area contributed by atoms with E-state index in [4.69, 9.17) is 5.11 Å². The van der Waals surface area contributed by atoms with Crippen LogP contribution in [0, 0.1) is 5.92 Å². The van der Waals surface area contributed by atoms with Crippen LogP contribution >= 0.6 is 0 Å². The van der Waals surface area contributed by atoms with Crippen molar-refractivity contribution >= 4 is 12.0 Å². The molecular formula is C15H31N3O3. The van der Waals surface area contributed by atoms with Crippen LogP contribution in [0.5, 0.6) is 0 Å². The monoisotopic (exact) mass is 301 g/mol. The van der Waals surface area contributed by atoms with E-state index in [9.17, 15) is 9.59 Å². The number of carbonyl (C=O) groups is 2. The van der Waals surface area contributed by atoms with Gasteiger partial charge < -0.3 is 20.6 Å². The number of hydrogen-bond donors (Lipinski definition) is 3. The second-order valence-corrected chi connectivity index (χ2v) is 5.75. The molecule has 0 fully saturated rings. The Balaban J connectivity index is 4.06. The standard InChI is InChI=1S/C15H31N3O3/c1-6-18(7-2)10-8-9-12(5)16-15(21)17-13(11(3)4)14(19)20/h11-13H,6-10H2,1-5H3,(H,19,20)(H2,16,17,21)/t12?,13-/m1/s1. The SMILES string of the molecule is CCN(CC)CCCC(C)NC(=O)N[C@@H](C(=O)O)C(C)C. The Hall–Kier alpha value is -1.30. The van der Waals surface area contributed by atoms with E-state index >= 15 is 0 Å². The number of nitrogens with one attached hydrogen (secondary N) is 2. The Morgan fingerprint density at radius 3 is 2.10 bits per heavy atom. The van der Waals surface area contributed by atoms with Crippen molar-refractivity contribution in [3.63, 3.8) is 0 Å². The van der Waals surface area contributed by atoms with Crippen LogP contribution in [0.4, 0.5) is 4.79 Å². The number of carboxylic acids is 1. The van der Waals surface area contributed by atoms with Crippen LogP contribution in [0.1, 0.15) is 47.5 Å². The lowest BCUT2D eigenvalue weighted by Gasteiger charge is -2.22. The van der Waals surface area contributed by atoms with Crippen LogP contribution < -0.4 is 10.6 Å². The maximum Gasteiger partial charge on any atom is 0.326 e. The summed E-state index contributed by atoms with van der Waals surface area (Å²) in [5, 5.41) is 14.3. The van der Waals surface area contributed by atoms with Crippen molar-refractivity contribution in [1.29, 1.82) is 0 Å². The Bertz CT molecular complexity index is 317. The number of hydrogen-bond acceptors (Lipinski definition) is 3. The van der Waals surface area contributed by atoms with Crippen molar-refractivity contribution in [2.45, 2.75) is 59.5 Å². The maximum absolute atomic E-state index is 11.8. The average molecular weight is 301 g/mol. The Morgan fingerprint density at radius 2 is 1.67 bits per heavy atom. The molecule has 6 heteroatoms. The van der Waals surface area contributed by atoms with Gasteiger partial charge in [-0.2, -0.15) is 0 Å². The molecule has 21 heavy (non-hydrogen) atoms. The molecule has 2 atom stereocenters. The summed E-state index contributed by atoms with van der Waals surface area (Å²) in [7, 11) is 0. The highest BCUT2D eigenvalue weighted by Gasteiger charge is 2.23. The predicted molar refractivity (Wildman–Crippen MR) is 84.4 cm³/mol. The summed E-state index contributed by atoms with van der Waals surface area (Å²) < 4.78 is 0. The number of carbonyl (C=O) groups excluding carboxylic acids is 1. The van der Waals surface area contributed by atoms with E-state index in [1.807, 2.05) is 6.92 Å². The molecule has 0 radical (unpaired) electrons. The first-order valence-corrected chi connectivity index (χ1v) is 7.83. The Morgan fingerprint density at radius 1 is 1.10 bits per heavy atom. The quantitative estimate of drug-likeness (QED) is 0.575. The van der Waals surface area contributed by atoms with Gasteiger partial charge in [-0.15, -0.1) is 0 Å². The first-order chi connectivity index (χ1) is 9.81. The van der Waals surface area contributed by atoms with Gasteiger partial charge in [0.2, 0.25) is 0 Å². The molecule has 3 N–H and O–H groups in total. The summed E-state index contributed by atoms with van der Waals surface area (Å²) in [6, 6.07) is -1.23. The van der Waals surface area contributed by atoms with Crippen molar-refractivity contribution in [3.8, 4) is 0 Å². The molecule has 0 saturated carbocycles. The molecule has 0 aliphatic carbocycles. The fourth-order valence-electron chi connectivity index (χ4n) is 2.15. The van der Waals surface area contributed by atoms with E-state index in [1.165, 1.54) is 0 Å². The van der Waals surface area contributed by atoms with Crippen molar-refractivity contribution in [2.75, 3.05) is 19.6 Å². The first kappa shape index (κ1) is 19.7. The fourth-order valence-corrected chi connectivity index (χ4v) is 2.15. The molecule has 0 aromatic rings. The van der Waals surface area contributed by atoms with Gasteiger partial charge in [0.15, 0.2) is 0 Å². The van der Waals surface area contributed by atoms with Crippen LogP contribution in [-0.4, -0.2) is 53.7 Å². The summed E-state index contributed by atoms with van der Waals surface area (Å²) in [5.41, 5.74) is 0. The van der Waals surface area contributed by atoms with Gasteiger partial charge in [0.05, 0.1) is 0 Å². The third kappa shape index (κ3) is 8.55. The summed E-state index contributed by atoms with van der Waals surface area (Å²) in [6.07, 6.45) is 1.89. The summed E-state index contributed by atoms with van der Waals surface area (Å²) >= 11 is 0. The number of rotatable bonds is 10. The number of urea groups is 1. The Labute approximate surface area is 128 Å². The lowest BCUT2D eigenvalue weighted by atomic mass is 10.1. The zero-order chi connectivity index (χ0) is 16.4. The molecule has 0 spiro atoms. The highest BCUT2D eigenvalue weighted by Crippen LogP contribution is 2.03. The van der Waals surface area contributed by atoms with Crippen molar-refractivity contribution in [1.82, 2.24) is 15.5 Å². The van der Waals surface area contributed by atoms with Crippen LogP contribution in [0.2, 0.25) is 0 Å². The molecular weight excluding hydrogens is 270 g/mol. The molecule has 124 valence electrons. The molecule has 6 nitrogen and oxygen atoms in total. The van der Waals surface area contributed by atoms with Gasteiger partial charge in [0.1, 0.15) is 6.04 Å². The smallest absolute Gasteiger partial charge is 0.326 e. The molecule has 0 heterocycles. The minimum absolute atomic E-state index is 0.0298. The van der Waals surface area contributed by atoms with Gasteiger partial charge in [0, 0.05) is 6.04 Å². The lowest BCUT2D eigenvalue weighted by molar-refractivity contribution is -0.140. The highest BCUT2D eigenvalue weighted by molar-refractivity contribution is 5.82. The lowest BCUT2D eigenvalue weighted by Crippen LogP contribution is -2.50. The van der Waals surface area contributed by atoms with Crippen LogP contribution in [0.25, 0.3) is 0 Å². The van der Waals surface area contributed by atoms with E-state index in [1.54, 1.807) is 13.8 Å². The minimum Gasteiger partial charge on any atom is -0.480 e. The van der Waals surface area contributed by atoms with Gasteiger partial charge in [-0.25, -0.2) is 9.59 Å². The maximum atomic E-state index is 11.8. The van der Waals surface area contributed by atoms with Crippen molar-refractivity contribution in [3.05, 3.63) is 0 Å². The normalized spacial score (nSPS) is 14.0. The summed E-state index contributed by atoms with van der Waals surface area (Å²) in [6.45, 7) is 12.8. The zero-order valence-corrected chi connectivity index (χ0v) is 14.0.